The number of benzene rings is 2. The van der Waals surface area contributed by atoms with E-state index in [4.69, 9.17) is 19.9 Å². The molecule has 2 rings (SSSR count). The zero-order valence-corrected chi connectivity index (χ0v) is 11.9. The van der Waals surface area contributed by atoms with Gasteiger partial charge in [0.05, 0.1) is 23.6 Å². The lowest BCUT2D eigenvalue weighted by Crippen LogP contribution is -2.11. The number of hydrogen-bond donors (Lipinski definition) is 1. The lowest BCUT2D eigenvalue weighted by molar-refractivity contribution is 0.378. The standard InChI is InChI=1S/C14H12N2O4S/c1-19-14-8-10(9-15)2-7-13(14)20-11-3-5-12(6-4-11)21(16,17)18/h2-8H,1H3,(H2,16,17,18). The molecule has 0 aliphatic rings. The molecule has 7 heteroatoms. The van der Waals surface area contributed by atoms with Crippen LogP contribution < -0.4 is 14.6 Å². The van der Waals surface area contributed by atoms with Crippen molar-refractivity contribution in [2.45, 2.75) is 4.90 Å². The lowest BCUT2D eigenvalue weighted by atomic mass is 10.2. The molecule has 108 valence electrons. The van der Waals surface area contributed by atoms with Gasteiger partial charge in [-0.3, -0.25) is 0 Å². The van der Waals surface area contributed by atoms with E-state index in [0.29, 0.717) is 22.8 Å². The van der Waals surface area contributed by atoms with Gasteiger partial charge in [0.1, 0.15) is 5.75 Å². The number of methoxy groups -OCH3 is 1. The third-order valence-electron chi connectivity index (χ3n) is 2.67. The Bertz CT molecular complexity index is 793. The molecule has 0 radical (unpaired) electrons. The van der Waals surface area contributed by atoms with Crippen LogP contribution in [-0.4, -0.2) is 15.5 Å². The van der Waals surface area contributed by atoms with Crippen LogP contribution in [0.15, 0.2) is 47.4 Å². The number of sulfonamides is 1. The Morgan fingerprint density at radius 1 is 1.10 bits per heavy atom. The molecule has 0 fully saturated rings. The fourth-order valence-corrected chi connectivity index (χ4v) is 2.16. The number of rotatable bonds is 4. The minimum atomic E-state index is -3.73. The molecule has 0 amide bonds. The SMILES string of the molecule is COc1cc(C#N)ccc1Oc1ccc(S(N)(=O)=O)cc1. The summed E-state index contributed by atoms with van der Waals surface area (Å²) >= 11 is 0. The predicted molar refractivity (Wildman–Crippen MR) is 75.6 cm³/mol. The van der Waals surface area contributed by atoms with Gasteiger partial charge >= 0.3 is 0 Å². The molecular formula is C14H12N2O4S. The number of hydrogen-bond acceptors (Lipinski definition) is 5. The van der Waals surface area contributed by atoms with E-state index in [2.05, 4.69) is 0 Å². The molecule has 2 aromatic carbocycles. The molecule has 6 nitrogen and oxygen atoms in total. The average Bonchev–Trinajstić information content (AvgIpc) is 2.47. The third-order valence-corrected chi connectivity index (χ3v) is 3.60. The largest absolute Gasteiger partial charge is 0.493 e. The minimum Gasteiger partial charge on any atom is -0.493 e. The molecule has 0 atom stereocenters. The van der Waals surface area contributed by atoms with Gasteiger partial charge in [-0.2, -0.15) is 5.26 Å². The van der Waals surface area contributed by atoms with Gasteiger partial charge in [-0.15, -0.1) is 0 Å². The van der Waals surface area contributed by atoms with Crippen molar-refractivity contribution in [3.8, 4) is 23.3 Å². The predicted octanol–water partition coefficient (Wildman–Crippen LogP) is 2.01. The van der Waals surface area contributed by atoms with Crippen LogP contribution in [0.25, 0.3) is 0 Å². The highest BCUT2D eigenvalue weighted by Gasteiger charge is 2.10. The quantitative estimate of drug-likeness (QED) is 0.930. The second-order valence-electron chi connectivity index (χ2n) is 4.10. The van der Waals surface area contributed by atoms with Gasteiger partial charge in [0, 0.05) is 6.07 Å². The first kappa shape index (κ1) is 14.8. The van der Waals surface area contributed by atoms with E-state index >= 15 is 0 Å². The number of nitrogens with zero attached hydrogens (tertiary/aromatic N) is 1. The van der Waals surface area contributed by atoms with Gasteiger partial charge < -0.3 is 9.47 Å². The van der Waals surface area contributed by atoms with E-state index < -0.39 is 10.0 Å². The van der Waals surface area contributed by atoms with Crippen molar-refractivity contribution in [3.63, 3.8) is 0 Å². The van der Waals surface area contributed by atoms with Crippen LogP contribution in [-0.2, 0) is 10.0 Å². The Hall–Kier alpha value is -2.56. The molecule has 0 aliphatic heterocycles. The maximum absolute atomic E-state index is 11.2. The fourth-order valence-electron chi connectivity index (χ4n) is 1.65. The summed E-state index contributed by atoms with van der Waals surface area (Å²) in [7, 11) is -2.26. The number of nitrogens with two attached hydrogens (primary N) is 1. The van der Waals surface area contributed by atoms with E-state index in [0.717, 1.165) is 0 Å². The summed E-state index contributed by atoms with van der Waals surface area (Å²) in [5.41, 5.74) is 0.448. The van der Waals surface area contributed by atoms with Gasteiger partial charge in [0.25, 0.3) is 0 Å². The zero-order chi connectivity index (χ0) is 15.5. The van der Waals surface area contributed by atoms with Gasteiger partial charge in [0.15, 0.2) is 11.5 Å². The molecule has 0 bridgehead atoms. The number of primary sulfonamides is 1. The lowest BCUT2D eigenvalue weighted by Gasteiger charge is -2.10. The molecule has 0 saturated carbocycles. The van der Waals surface area contributed by atoms with Crippen molar-refractivity contribution in [2.75, 3.05) is 7.11 Å². The van der Waals surface area contributed by atoms with Gasteiger partial charge in [0.2, 0.25) is 10.0 Å². The normalized spacial score (nSPS) is 10.7. The second-order valence-corrected chi connectivity index (χ2v) is 5.66. The van der Waals surface area contributed by atoms with Crippen molar-refractivity contribution < 1.29 is 17.9 Å². The molecule has 0 spiro atoms. The smallest absolute Gasteiger partial charge is 0.238 e. The maximum atomic E-state index is 11.2. The van der Waals surface area contributed by atoms with Crippen LogP contribution in [0.1, 0.15) is 5.56 Å². The van der Waals surface area contributed by atoms with Crippen LogP contribution in [0.3, 0.4) is 0 Å². The average molecular weight is 304 g/mol. The first-order valence-electron chi connectivity index (χ1n) is 5.83. The third kappa shape index (κ3) is 3.51. The molecule has 2 aromatic rings. The molecule has 0 unspecified atom stereocenters. The van der Waals surface area contributed by atoms with Crippen molar-refractivity contribution in [3.05, 3.63) is 48.0 Å². The summed E-state index contributed by atoms with van der Waals surface area (Å²) in [5.74, 6) is 1.25. The summed E-state index contributed by atoms with van der Waals surface area (Å²) in [6.45, 7) is 0. The van der Waals surface area contributed by atoms with E-state index in [1.807, 2.05) is 6.07 Å². The van der Waals surface area contributed by atoms with Crippen LogP contribution in [0.4, 0.5) is 0 Å². The summed E-state index contributed by atoms with van der Waals surface area (Å²) in [6, 6.07) is 12.4. The van der Waals surface area contributed by atoms with Crippen LogP contribution >= 0.6 is 0 Å². The molecule has 0 heterocycles. The summed E-state index contributed by atoms with van der Waals surface area (Å²) < 4.78 is 33.1. The fraction of sp³-hybridized carbons (Fsp3) is 0.0714. The van der Waals surface area contributed by atoms with Crippen LogP contribution in [0.5, 0.6) is 17.2 Å². The Balaban J connectivity index is 2.28. The van der Waals surface area contributed by atoms with Crippen LogP contribution in [0, 0.1) is 11.3 Å². The van der Waals surface area contributed by atoms with E-state index in [1.165, 1.54) is 31.4 Å². The Morgan fingerprint density at radius 2 is 1.76 bits per heavy atom. The molecule has 0 aliphatic carbocycles. The second kappa shape index (κ2) is 5.83. The Labute approximate surface area is 122 Å². The van der Waals surface area contributed by atoms with Gasteiger partial charge in [-0.25, -0.2) is 13.6 Å². The molecular weight excluding hydrogens is 292 g/mol. The van der Waals surface area contributed by atoms with E-state index in [1.54, 1.807) is 18.2 Å². The Morgan fingerprint density at radius 3 is 2.29 bits per heavy atom. The monoisotopic (exact) mass is 304 g/mol. The van der Waals surface area contributed by atoms with Crippen molar-refractivity contribution in [1.29, 1.82) is 5.26 Å². The van der Waals surface area contributed by atoms with Gasteiger partial charge in [-0.05, 0) is 36.4 Å². The summed E-state index contributed by atoms with van der Waals surface area (Å²) in [6.07, 6.45) is 0. The minimum absolute atomic E-state index is 0.00152. The van der Waals surface area contributed by atoms with E-state index in [9.17, 15) is 8.42 Å². The van der Waals surface area contributed by atoms with Crippen LogP contribution in [0.2, 0.25) is 0 Å². The topological polar surface area (TPSA) is 102 Å². The highest BCUT2D eigenvalue weighted by molar-refractivity contribution is 7.89. The van der Waals surface area contributed by atoms with E-state index in [-0.39, 0.29) is 4.90 Å². The Kier molecular flexibility index (Phi) is 4.12. The first-order valence-corrected chi connectivity index (χ1v) is 7.37. The summed E-state index contributed by atoms with van der Waals surface area (Å²) in [5, 5.41) is 13.8. The maximum Gasteiger partial charge on any atom is 0.238 e. The first-order chi connectivity index (χ1) is 9.94. The highest BCUT2D eigenvalue weighted by atomic mass is 32.2. The highest BCUT2D eigenvalue weighted by Crippen LogP contribution is 2.32. The number of nitriles is 1. The van der Waals surface area contributed by atoms with Crippen molar-refractivity contribution >= 4 is 10.0 Å². The summed E-state index contributed by atoms with van der Waals surface area (Å²) in [4.78, 5) is 0.00152. The number of ether oxygens (including phenoxy) is 2. The zero-order valence-electron chi connectivity index (χ0n) is 11.1. The molecule has 21 heavy (non-hydrogen) atoms. The molecule has 2 N–H and O–H groups in total. The van der Waals surface area contributed by atoms with Gasteiger partial charge in [-0.1, -0.05) is 0 Å². The molecule has 0 aromatic heterocycles. The van der Waals surface area contributed by atoms with Crippen molar-refractivity contribution in [2.24, 2.45) is 5.14 Å². The van der Waals surface area contributed by atoms with Crippen molar-refractivity contribution in [1.82, 2.24) is 0 Å². The molecule has 0 saturated heterocycles.